The van der Waals surface area contributed by atoms with Gasteiger partial charge in [0.2, 0.25) is 10.0 Å². The van der Waals surface area contributed by atoms with Gasteiger partial charge < -0.3 is 0 Å². The third-order valence-electron chi connectivity index (χ3n) is 4.80. The van der Waals surface area contributed by atoms with E-state index in [9.17, 15) is 18.5 Å². The SMILES string of the molecule is Cc1ccc([C@@H]2CCCCCN2S(=O)(=O)c2cccc([N+](=O)[O-])c2)cc1. The Kier molecular flexibility index (Phi) is 5.38. The molecule has 0 N–H and O–H groups in total. The van der Waals surface area contributed by atoms with Gasteiger partial charge in [-0.3, -0.25) is 10.1 Å². The molecule has 0 unspecified atom stereocenters. The zero-order valence-corrected chi connectivity index (χ0v) is 15.5. The van der Waals surface area contributed by atoms with Gasteiger partial charge >= 0.3 is 0 Å². The first-order valence-corrected chi connectivity index (χ1v) is 10.2. The Bertz CT molecular complexity index is 894. The Labute approximate surface area is 153 Å². The van der Waals surface area contributed by atoms with Crippen LogP contribution in [0.3, 0.4) is 0 Å². The lowest BCUT2D eigenvalue weighted by Crippen LogP contribution is -2.34. The minimum atomic E-state index is -3.82. The zero-order valence-electron chi connectivity index (χ0n) is 14.7. The van der Waals surface area contributed by atoms with Crippen molar-refractivity contribution in [1.29, 1.82) is 0 Å². The minimum Gasteiger partial charge on any atom is -0.258 e. The van der Waals surface area contributed by atoms with Crippen LogP contribution in [0, 0.1) is 17.0 Å². The van der Waals surface area contributed by atoms with E-state index < -0.39 is 14.9 Å². The molecule has 0 radical (unpaired) electrons. The molecule has 6 nitrogen and oxygen atoms in total. The Hall–Kier alpha value is -2.25. The maximum Gasteiger partial charge on any atom is 0.270 e. The molecule has 26 heavy (non-hydrogen) atoms. The predicted octanol–water partition coefficient (Wildman–Crippen LogP) is 4.21. The van der Waals surface area contributed by atoms with E-state index >= 15 is 0 Å². The van der Waals surface area contributed by atoms with Crippen LogP contribution in [-0.4, -0.2) is 24.2 Å². The number of rotatable bonds is 4. The highest BCUT2D eigenvalue weighted by atomic mass is 32.2. The van der Waals surface area contributed by atoms with E-state index in [4.69, 9.17) is 0 Å². The van der Waals surface area contributed by atoms with Crippen molar-refractivity contribution in [3.05, 3.63) is 69.8 Å². The van der Waals surface area contributed by atoms with Crippen LogP contribution in [0.5, 0.6) is 0 Å². The molecular formula is C19H22N2O4S. The lowest BCUT2D eigenvalue weighted by molar-refractivity contribution is -0.385. The number of nitro groups is 1. The highest BCUT2D eigenvalue weighted by molar-refractivity contribution is 7.89. The molecule has 1 saturated heterocycles. The summed E-state index contributed by atoms with van der Waals surface area (Å²) < 4.78 is 28.1. The quantitative estimate of drug-likeness (QED) is 0.593. The van der Waals surface area contributed by atoms with Crippen molar-refractivity contribution in [1.82, 2.24) is 4.31 Å². The van der Waals surface area contributed by atoms with E-state index in [-0.39, 0.29) is 16.6 Å². The van der Waals surface area contributed by atoms with Crippen molar-refractivity contribution in [3.8, 4) is 0 Å². The number of aryl methyl sites for hydroxylation is 1. The van der Waals surface area contributed by atoms with Crippen LogP contribution in [0.1, 0.15) is 42.9 Å². The van der Waals surface area contributed by atoms with Crippen LogP contribution in [0.4, 0.5) is 5.69 Å². The summed E-state index contributed by atoms with van der Waals surface area (Å²) in [6, 6.07) is 13.0. The van der Waals surface area contributed by atoms with Gasteiger partial charge in [0.05, 0.1) is 15.9 Å². The third kappa shape index (κ3) is 3.78. The summed E-state index contributed by atoms with van der Waals surface area (Å²) in [5.74, 6) is 0. The van der Waals surface area contributed by atoms with Crippen LogP contribution < -0.4 is 0 Å². The number of hydrogen-bond donors (Lipinski definition) is 0. The molecule has 0 aliphatic carbocycles. The van der Waals surface area contributed by atoms with Crippen LogP contribution >= 0.6 is 0 Å². The van der Waals surface area contributed by atoms with Gasteiger partial charge in [-0.05, 0) is 31.4 Å². The Morgan fingerprint density at radius 3 is 2.50 bits per heavy atom. The van der Waals surface area contributed by atoms with E-state index in [1.54, 1.807) is 0 Å². The highest BCUT2D eigenvalue weighted by Gasteiger charge is 2.34. The van der Waals surface area contributed by atoms with E-state index in [1.807, 2.05) is 31.2 Å². The second-order valence-electron chi connectivity index (χ2n) is 6.65. The smallest absolute Gasteiger partial charge is 0.258 e. The fourth-order valence-corrected chi connectivity index (χ4v) is 5.11. The first-order chi connectivity index (χ1) is 12.4. The molecule has 1 atom stereocenters. The molecule has 3 rings (SSSR count). The second-order valence-corrected chi connectivity index (χ2v) is 8.54. The Balaban J connectivity index is 2.03. The first kappa shape index (κ1) is 18.5. The molecule has 0 amide bonds. The van der Waals surface area contributed by atoms with Crippen molar-refractivity contribution in [3.63, 3.8) is 0 Å². The number of nitro benzene ring substituents is 1. The van der Waals surface area contributed by atoms with E-state index in [0.29, 0.717) is 6.54 Å². The molecule has 1 aliphatic rings. The van der Waals surface area contributed by atoms with E-state index in [2.05, 4.69) is 0 Å². The molecule has 7 heteroatoms. The first-order valence-electron chi connectivity index (χ1n) is 8.72. The maximum absolute atomic E-state index is 13.3. The molecule has 2 aromatic carbocycles. The second kappa shape index (κ2) is 7.55. The van der Waals surface area contributed by atoms with Gasteiger partial charge in [0.1, 0.15) is 0 Å². The number of benzene rings is 2. The molecule has 0 aromatic heterocycles. The molecular weight excluding hydrogens is 352 g/mol. The van der Waals surface area contributed by atoms with Crippen LogP contribution in [0.2, 0.25) is 0 Å². The van der Waals surface area contributed by atoms with Crippen molar-refractivity contribution in [2.24, 2.45) is 0 Å². The van der Waals surface area contributed by atoms with Gasteiger partial charge in [0.15, 0.2) is 0 Å². The van der Waals surface area contributed by atoms with Gasteiger partial charge in [0, 0.05) is 18.7 Å². The molecule has 2 aromatic rings. The normalized spacial score (nSPS) is 19.0. The lowest BCUT2D eigenvalue weighted by atomic mass is 10.0. The summed E-state index contributed by atoms with van der Waals surface area (Å²) in [5.41, 5.74) is 1.87. The predicted molar refractivity (Wildman–Crippen MR) is 99.4 cm³/mol. The molecule has 0 spiro atoms. The lowest BCUT2D eigenvalue weighted by Gasteiger charge is -2.29. The molecule has 1 heterocycles. The number of sulfonamides is 1. The van der Waals surface area contributed by atoms with Gasteiger partial charge in [-0.15, -0.1) is 0 Å². The van der Waals surface area contributed by atoms with E-state index in [1.165, 1.54) is 22.5 Å². The fraction of sp³-hybridized carbons (Fsp3) is 0.368. The highest BCUT2D eigenvalue weighted by Crippen LogP contribution is 2.35. The largest absolute Gasteiger partial charge is 0.270 e. The van der Waals surface area contributed by atoms with Crippen molar-refractivity contribution in [2.75, 3.05) is 6.54 Å². The van der Waals surface area contributed by atoms with Crippen molar-refractivity contribution in [2.45, 2.75) is 43.5 Å². The summed E-state index contributed by atoms with van der Waals surface area (Å²) in [6.07, 6.45) is 3.47. The molecule has 0 saturated carbocycles. The standard InChI is InChI=1S/C19H22N2O4S/c1-15-9-11-16(12-10-15)19-8-3-2-4-13-20(19)26(24,25)18-7-5-6-17(14-18)21(22)23/h5-7,9-12,14,19H,2-4,8,13H2,1H3/t19-/m0/s1. The number of hydrogen-bond acceptors (Lipinski definition) is 4. The number of non-ortho nitro benzene ring substituents is 1. The molecule has 1 aliphatic heterocycles. The summed E-state index contributed by atoms with van der Waals surface area (Å²) >= 11 is 0. The third-order valence-corrected chi connectivity index (χ3v) is 6.71. The van der Waals surface area contributed by atoms with E-state index in [0.717, 1.165) is 42.9 Å². The molecule has 0 bridgehead atoms. The minimum absolute atomic E-state index is 0.0225. The van der Waals surface area contributed by atoms with Gasteiger partial charge in [0.25, 0.3) is 5.69 Å². The molecule has 1 fully saturated rings. The van der Waals surface area contributed by atoms with Crippen molar-refractivity contribution < 1.29 is 13.3 Å². The summed E-state index contributed by atoms with van der Waals surface area (Å²) in [4.78, 5) is 10.4. The zero-order chi connectivity index (χ0) is 18.7. The van der Waals surface area contributed by atoms with Gasteiger partial charge in [-0.1, -0.05) is 48.7 Å². The monoisotopic (exact) mass is 374 g/mol. The summed E-state index contributed by atoms with van der Waals surface area (Å²) in [5, 5.41) is 11.0. The Morgan fingerprint density at radius 1 is 1.08 bits per heavy atom. The van der Waals surface area contributed by atoms with Crippen LogP contribution in [0.25, 0.3) is 0 Å². The Morgan fingerprint density at radius 2 is 1.81 bits per heavy atom. The van der Waals surface area contributed by atoms with Crippen molar-refractivity contribution >= 4 is 15.7 Å². The average molecular weight is 374 g/mol. The molecule has 138 valence electrons. The maximum atomic E-state index is 13.3. The van der Waals surface area contributed by atoms with Gasteiger partial charge in [-0.25, -0.2) is 8.42 Å². The fourth-order valence-electron chi connectivity index (χ4n) is 3.38. The van der Waals surface area contributed by atoms with Crippen LogP contribution in [-0.2, 0) is 10.0 Å². The number of nitrogens with zero attached hydrogens (tertiary/aromatic N) is 2. The topological polar surface area (TPSA) is 80.5 Å². The summed E-state index contributed by atoms with van der Waals surface area (Å²) in [6.45, 7) is 2.41. The van der Waals surface area contributed by atoms with Gasteiger partial charge in [-0.2, -0.15) is 4.31 Å². The average Bonchev–Trinajstić information content (AvgIpc) is 2.89. The summed E-state index contributed by atoms with van der Waals surface area (Å²) in [7, 11) is -3.82. The van der Waals surface area contributed by atoms with Crippen LogP contribution in [0.15, 0.2) is 53.4 Å².